The van der Waals surface area contributed by atoms with Gasteiger partial charge in [-0.1, -0.05) is 31.2 Å². The van der Waals surface area contributed by atoms with Gasteiger partial charge in [-0.2, -0.15) is 0 Å². The monoisotopic (exact) mass is 263 g/mol. The molecule has 0 aliphatic carbocycles. The van der Waals surface area contributed by atoms with E-state index in [1.54, 1.807) is 0 Å². The SMILES string of the molecule is CCCNc1ccnc(-c2cncc3ccccc23)c1. The van der Waals surface area contributed by atoms with Crippen molar-refractivity contribution in [3.05, 3.63) is 55.0 Å². The maximum absolute atomic E-state index is 4.49. The summed E-state index contributed by atoms with van der Waals surface area (Å²) in [5, 5.41) is 5.71. The van der Waals surface area contributed by atoms with Crippen molar-refractivity contribution in [2.75, 3.05) is 11.9 Å². The van der Waals surface area contributed by atoms with E-state index in [0.717, 1.165) is 35.3 Å². The van der Waals surface area contributed by atoms with Crippen LogP contribution in [-0.4, -0.2) is 16.5 Å². The van der Waals surface area contributed by atoms with Gasteiger partial charge in [0.15, 0.2) is 0 Å². The molecule has 0 bridgehead atoms. The fourth-order valence-electron chi connectivity index (χ4n) is 2.28. The van der Waals surface area contributed by atoms with Crippen molar-refractivity contribution < 1.29 is 0 Å². The highest BCUT2D eigenvalue weighted by Gasteiger charge is 2.06. The van der Waals surface area contributed by atoms with E-state index < -0.39 is 0 Å². The molecule has 0 aliphatic heterocycles. The first kappa shape index (κ1) is 12.6. The lowest BCUT2D eigenvalue weighted by Gasteiger charge is -2.08. The molecule has 2 heterocycles. The van der Waals surface area contributed by atoms with E-state index in [9.17, 15) is 0 Å². The topological polar surface area (TPSA) is 37.8 Å². The average molecular weight is 263 g/mol. The predicted octanol–water partition coefficient (Wildman–Crippen LogP) is 4.12. The molecule has 2 aromatic heterocycles. The van der Waals surface area contributed by atoms with Crippen LogP contribution in [-0.2, 0) is 0 Å². The normalized spacial score (nSPS) is 10.7. The number of benzene rings is 1. The third kappa shape index (κ3) is 2.48. The van der Waals surface area contributed by atoms with Gasteiger partial charge in [0, 0.05) is 41.8 Å². The van der Waals surface area contributed by atoms with Crippen molar-refractivity contribution in [1.82, 2.24) is 9.97 Å². The second kappa shape index (κ2) is 5.70. The molecular weight excluding hydrogens is 246 g/mol. The highest BCUT2D eigenvalue weighted by molar-refractivity contribution is 5.95. The summed E-state index contributed by atoms with van der Waals surface area (Å²) < 4.78 is 0. The van der Waals surface area contributed by atoms with Crippen LogP contribution in [0.2, 0.25) is 0 Å². The van der Waals surface area contributed by atoms with Gasteiger partial charge in [0.05, 0.1) is 5.69 Å². The Morgan fingerprint density at radius 2 is 2.00 bits per heavy atom. The van der Waals surface area contributed by atoms with Crippen LogP contribution in [0, 0.1) is 0 Å². The lowest BCUT2D eigenvalue weighted by atomic mass is 10.0. The summed E-state index contributed by atoms with van der Waals surface area (Å²) in [4.78, 5) is 8.81. The van der Waals surface area contributed by atoms with Crippen LogP contribution in [0.15, 0.2) is 55.0 Å². The summed E-state index contributed by atoms with van der Waals surface area (Å²) >= 11 is 0. The van der Waals surface area contributed by atoms with Crippen LogP contribution in [0.5, 0.6) is 0 Å². The van der Waals surface area contributed by atoms with E-state index in [-0.39, 0.29) is 0 Å². The largest absolute Gasteiger partial charge is 0.385 e. The molecule has 3 heteroatoms. The third-order valence-corrected chi connectivity index (χ3v) is 3.28. The summed E-state index contributed by atoms with van der Waals surface area (Å²) in [5.74, 6) is 0. The number of nitrogens with one attached hydrogen (secondary N) is 1. The van der Waals surface area contributed by atoms with E-state index in [2.05, 4.69) is 40.4 Å². The van der Waals surface area contributed by atoms with Crippen molar-refractivity contribution in [1.29, 1.82) is 0 Å². The second-order valence-electron chi connectivity index (χ2n) is 4.76. The van der Waals surface area contributed by atoms with Gasteiger partial charge in [0.1, 0.15) is 0 Å². The van der Waals surface area contributed by atoms with E-state index in [4.69, 9.17) is 0 Å². The van der Waals surface area contributed by atoms with Gasteiger partial charge in [-0.3, -0.25) is 9.97 Å². The Morgan fingerprint density at radius 1 is 1.10 bits per heavy atom. The molecular formula is C17H17N3. The third-order valence-electron chi connectivity index (χ3n) is 3.28. The number of hydrogen-bond donors (Lipinski definition) is 1. The highest BCUT2D eigenvalue weighted by Crippen LogP contribution is 2.27. The number of fused-ring (bicyclic) bond motifs is 1. The summed E-state index contributed by atoms with van der Waals surface area (Å²) in [6, 6.07) is 12.3. The van der Waals surface area contributed by atoms with Crippen LogP contribution in [0.3, 0.4) is 0 Å². The van der Waals surface area contributed by atoms with Gasteiger partial charge >= 0.3 is 0 Å². The van der Waals surface area contributed by atoms with Gasteiger partial charge in [0.2, 0.25) is 0 Å². The maximum Gasteiger partial charge on any atom is 0.0744 e. The van der Waals surface area contributed by atoms with Crippen LogP contribution in [0.1, 0.15) is 13.3 Å². The number of nitrogens with zero attached hydrogens (tertiary/aromatic N) is 2. The molecule has 0 spiro atoms. The lowest BCUT2D eigenvalue weighted by molar-refractivity contribution is 0.979. The Balaban J connectivity index is 2.06. The molecule has 20 heavy (non-hydrogen) atoms. The Kier molecular flexibility index (Phi) is 3.59. The van der Waals surface area contributed by atoms with E-state index >= 15 is 0 Å². The molecule has 1 N–H and O–H groups in total. The molecule has 0 amide bonds. The van der Waals surface area contributed by atoms with Gasteiger partial charge in [-0.15, -0.1) is 0 Å². The maximum atomic E-state index is 4.49. The van der Waals surface area contributed by atoms with Gasteiger partial charge in [-0.05, 0) is 23.9 Å². The van der Waals surface area contributed by atoms with E-state index in [0.29, 0.717) is 0 Å². The number of aromatic nitrogens is 2. The summed E-state index contributed by atoms with van der Waals surface area (Å²) in [6.07, 6.45) is 6.72. The van der Waals surface area contributed by atoms with Crippen LogP contribution in [0.4, 0.5) is 5.69 Å². The Bertz CT molecular complexity index is 717. The molecule has 0 saturated heterocycles. The zero-order valence-electron chi connectivity index (χ0n) is 11.5. The van der Waals surface area contributed by atoms with Crippen molar-refractivity contribution in [2.45, 2.75) is 13.3 Å². The summed E-state index contributed by atoms with van der Waals surface area (Å²) in [5.41, 5.74) is 3.13. The van der Waals surface area contributed by atoms with E-state index in [1.807, 2.05) is 36.8 Å². The molecule has 0 radical (unpaired) electrons. The number of anilines is 1. The number of pyridine rings is 2. The average Bonchev–Trinajstić information content (AvgIpc) is 2.52. The second-order valence-corrected chi connectivity index (χ2v) is 4.76. The number of hydrogen-bond acceptors (Lipinski definition) is 3. The summed E-state index contributed by atoms with van der Waals surface area (Å²) in [7, 11) is 0. The van der Waals surface area contributed by atoms with Crippen molar-refractivity contribution >= 4 is 16.5 Å². The van der Waals surface area contributed by atoms with Gasteiger partial charge < -0.3 is 5.32 Å². The Morgan fingerprint density at radius 3 is 2.90 bits per heavy atom. The fraction of sp³-hybridized carbons (Fsp3) is 0.176. The van der Waals surface area contributed by atoms with E-state index in [1.165, 1.54) is 5.39 Å². The zero-order chi connectivity index (χ0) is 13.8. The number of rotatable bonds is 4. The highest BCUT2D eigenvalue weighted by atomic mass is 14.9. The predicted molar refractivity (Wildman–Crippen MR) is 83.8 cm³/mol. The van der Waals surface area contributed by atoms with Crippen molar-refractivity contribution in [2.24, 2.45) is 0 Å². The van der Waals surface area contributed by atoms with Crippen LogP contribution >= 0.6 is 0 Å². The minimum atomic E-state index is 0.954. The minimum Gasteiger partial charge on any atom is -0.385 e. The molecule has 0 unspecified atom stereocenters. The Hall–Kier alpha value is -2.42. The zero-order valence-corrected chi connectivity index (χ0v) is 11.5. The first-order valence-corrected chi connectivity index (χ1v) is 6.91. The molecule has 0 fully saturated rings. The van der Waals surface area contributed by atoms with Crippen molar-refractivity contribution in [3.8, 4) is 11.3 Å². The lowest BCUT2D eigenvalue weighted by Crippen LogP contribution is -2.00. The van der Waals surface area contributed by atoms with Gasteiger partial charge in [0.25, 0.3) is 0 Å². The van der Waals surface area contributed by atoms with Crippen LogP contribution < -0.4 is 5.32 Å². The van der Waals surface area contributed by atoms with Crippen molar-refractivity contribution in [3.63, 3.8) is 0 Å². The molecule has 3 rings (SSSR count). The first-order valence-electron chi connectivity index (χ1n) is 6.91. The summed E-state index contributed by atoms with van der Waals surface area (Å²) in [6.45, 7) is 3.13. The molecule has 1 aromatic carbocycles. The first-order chi connectivity index (χ1) is 9.88. The fourth-order valence-corrected chi connectivity index (χ4v) is 2.28. The molecule has 0 saturated carbocycles. The molecule has 3 aromatic rings. The smallest absolute Gasteiger partial charge is 0.0744 e. The van der Waals surface area contributed by atoms with Crippen LogP contribution in [0.25, 0.3) is 22.0 Å². The molecule has 0 aliphatic rings. The quantitative estimate of drug-likeness (QED) is 0.769. The molecule has 100 valence electrons. The standard InChI is InChI=1S/C17H17N3/c1-2-8-19-14-7-9-20-17(10-14)16-12-18-11-13-5-3-4-6-15(13)16/h3-7,9-12H,2,8H2,1H3,(H,19,20). The van der Waals surface area contributed by atoms with Gasteiger partial charge in [-0.25, -0.2) is 0 Å². The Labute approximate surface area is 118 Å². The minimum absolute atomic E-state index is 0.954. The molecule has 3 nitrogen and oxygen atoms in total. The molecule has 0 atom stereocenters.